The summed E-state index contributed by atoms with van der Waals surface area (Å²) in [7, 11) is -0.0864. The fourth-order valence-electron chi connectivity index (χ4n) is 5.38. The van der Waals surface area contributed by atoms with Crippen LogP contribution in [-0.2, 0) is 16.4 Å². The maximum atomic E-state index is 13.4. The molecule has 2 aliphatic rings. The number of aromatic nitrogens is 1. The van der Waals surface area contributed by atoms with Crippen molar-refractivity contribution in [3.8, 4) is 0 Å². The summed E-state index contributed by atoms with van der Waals surface area (Å²) in [6.45, 7) is 11.0. The van der Waals surface area contributed by atoms with E-state index in [4.69, 9.17) is 0 Å². The van der Waals surface area contributed by atoms with Crippen LogP contribution in [0, 0.1) is 13.8 Å². The molecule has 1 amide bonds. The number of piperidine rings is 1. The van der Waals surface area contributed by atoms with Crippen molar-refractivity contribution in [3.63, 3.8) is 0 Å². The number of carbonyl (C=O) groups is 1. The second-order valence-electron chi connectivity index (χ2n) is 9.93. The molecule has 1 aromatic heterocycles. The summed E-state index contributed by atoms with van der Waals surface area (Å²) in [4.78, 5) is 22.3. The van der Waals surface area contributed by atoms with E-state index in [2.05, 4.69) is 28.6 Å². The number of fused-ring (bicyclic) bond motifs is 1. The Balaban J connectivity index is 1.46. The molecular weight excluding hydrogens is 460 g/mol. The number of amides is 1. The van der Waals surface area contributed by atoms with Gasteiger partial charge in [0.2, 0.25) is 10.0 Å². The van der Waals surface area contributed by atoms with Crippen molar-refractivity contribution in [1.29, 1.82) is 0 Å². The largest absolute Gasteiger partial charge is 0.371 e. The van der Waals surface area contributed by atoms with E-state index in [0.717, 1.165) is 54.9 Å². The Morgan fingerprint density at radius 3 is 2.29 bits per heavy atom. The topological polar surface area (TPSA) is 73.8 Å². The first-order valence-corrected chi connectivity index (χ1v) is 13.7. The van der Waals surface area contributed by atoms with Gasteiger partial charge in [-0.05, 0) is 81.8 Å². The molecule has 0 radical (unpaired) electrons. The van der Waals surface area contributed by atoms with Crippen molar-refractivity contribution < 1.29 is 13.2 Å². The molecule has 0 N–H and O–H groups in total. The van der Waals surface area contributed by atoms with Gasteiger partial charge < -0.3 is 9.80 Å². The van der Waals surface area contributed by atoms with Crippen molar-refractivity contribution in [1.82, 2.24) is 14.2 Å². The van der Waals surface area contributed by atoms with Gasteiger partial charge in [0, 0.05) is 60.8 Å². The minimum atomic E-state index is -3.57. The lowest BCUT2D eigenvalue weighted by Crippen LogP contribution is -2.45. The second-order valence-corrected chi connectivity index (χ2v) is 12.2. The van der Waals surface area contributed by atoms with E-state index in [1.165, 1.54) is 16.9 Å². The normalized spacial score (nSPS) is 18.6. The third-order valence-corrected chi connectivity index (χ3v) is 9.35. The molecule has 0 saturated carbocycles. The van der Waals surface area contributed by atoms with Crippen LogP contribution < -0.4 is 4.90 Å². The molecule has 1 atom stereocenters. The number of sulfonamides is 1. The summed E-state index contributed by atoms with van der Waals surface area (Å²) in [5.41, 5.74) is 5.88. The number of pyridine rings is 1. The fraction of sp³-hybridized carbons (Fsp3) is 0.481. The van der Waals surface area contributed by atoms with Crippen LogP contribution in [0.5, 0.6) is 0 Å². The lowest BCUT2D eigenvalue weighted by molar-refractivity contribution is 0.0709. The van der Waals surface area contributed by atoms with Crippen LogP contribution in [0.4, 0.5) is 5.69 Å². The first-order valence-electron chi connectivity index (χ1n) is 12.2. The van der Waals surface area contributed by atoms with E-state index in [9.17, 15) is 13.2 Å². The fourth-order valence-corrected chi connectivity index (χ4v) is 6.43. The number of hydrogen-bond acceptors (Lipinski definition) is 5. The zero-order valence-electron chi connectivity index (χ0n) is 21.4. The number of carbonyl (C=O) groups excluding carboxylic acids is 1. The Kier molecular flexibility index (Phi) is 7.06. The summed E-state index contributed by atoms with van der Waals surface area (Å²) >= 11 is 0. The minimum Gasteiger partial charge on any atom is -0.371 e. The first-order chi connectivity index (χ1) is 16.5. The Hall–Kier alpha value is -2.71. The molecule has 2 heterocycles. The smallest absolute Gasteiger partial charge is 0.253 e. The van der Waals surface area contributed by atoms with Gasteiger partial charge in [-0.3, -0.25) is 9.78 Å². The third-order valence-electron chi connectivity index (χ3n) is 7.46. The van der Waals surface area contributed by atoms with Gasteiger partial charge in [-0.15, -0.1) is 0 Å². The zero-order valence-corrected chi connectivity index (χ0v) is 22.2. The SMILES string of the molecule is C=C(C)S(=O)(=O)N(C)C1CCc2ccc(C(=O)N(C)C3CCN(c4cc(C)nc(C)c4)CC3)cc21. The van der Waals surface area contributed by atoms with Gasteiger partial charge in [0.25, 0.3) is 5.91 Å². The molecule has 188 valence electrons. The summed E-state index contributed by atoms with van der Waals surface area (Å²) in [6.07, 6.45) is 3.30. The molecule has 1 fully saturated rings. The Bertz CT molecular complexity index is 1230. The molecule has 2 aromatic rings. The summed E-state index contributed by atoms with van der Waals surface area (Å²) in [6, 6.07) is 9.88. The molecule has 0 bridgehead atoms. The van der Waals surface area contributed by atoms with Crippen LogP contribution >= 0.6 is 0 Å². The molecular formula is C27H36N4O3S. The minimum absolute atomic E-state index is 0.0158. The highest BCUT2D eigenvalue weighted by Gasteiger charge is 2.34. The van der Waals surface area contributed by atoms with Gasteiger partial charge >= 0.3 is 0 Å². The Morgan fingerprint density at radius 2 is 1.69 bits per heavy atom. The highest BCUT2D eigenvalue weighted by Crippen LogP contribution is 2.38. The molecule has 7 nitrogen and oxygen atoms in total. The van der Waals surface area contributed by atoms with Crippen LogP contribution in [0.2, 0.25) is 0 Å². The van der Waals surface area contributed by atoms with Gasteiger partial charge in [-0.25, -0.2) is 8.42 Å². The molecule has 8 heteroatoms. The maximum absolute atomic E-state index is 13.4. The molecule has 0 spiro atoms. The summed E-state index contributed by atoms with van der Waals surface area (Å²) in [5.74, 6) is -0.0158. The van der Waals surface area contributed by atoms with Crippen LogP contribution in [0.3, 0.4) is 0 Å². The van der Waals surface area contributed by atoms with Crippen LogP contribution in [0.1, 0.15) is 65.1 Å². The lowest BCUT2D eigenvalue weighted by atomic mass is 10.00. The molecule has 1 saturated heterocycles. The summed E-state index contributed by atoms with van der Waals surface area (Å²) < 4.78 is 26.7. The summed E-state index contributed by atoms with van der Waals surface area (Å²) in [5, 5.41) is 0. The number of rotatable bonds is 6. The standard InChI is InChI=1S/C27H36N4O3S/c1-18(2)35(33,34)30(6)26-10-9-21-7-8-22(17-25(21)26)27(32)29(5)23-11-13-31(14-12-23)24-15-19(3)28-20(4)16-24/h7-8,15-17,23,26H,1,9-14H2,2-6H3. The number of hydrogen-bond donors (Lipinski definition) is 0. The number of benzene rings is 1. The number of nitrogens with zero attached hydrogens (tertiary/aromatic N) is 4. The van der Waals surface area contributed by atoms with Gasteiger partial charge in [-0.1, -0.05) is 12.6 Å². The van der Waals surface area contributed by atoms with E-state index in [0.29, 0.717) is 12.0 Å². The van der Waals surface area contributed by atoms with E-state index >= 15 is 0 Å². The second kappa shape index (κ2) is 9.74. The van der Waals surface area contributed by atoms with Crippen LogP contribution in [0.25, 0.3) is 0 Å². The highest BCUT2D eigenvalue weighted by atomic mass is 32.2. The van der Waals surface area contributed by atoms with Gasteiger partial charge in [0.1, 0.15) is 0 Å². The number of anilines is 1. The van der Waals surface area contributed by atoms with Crippen molar-refractivity contribution in [2.75, 3.05) is 32.1 Å². The first kappa shape index (κ1) is 25.4. The Morgan fingerprint density at radius 1 is 1.06 bits per heavy atom. The molecule has 4 rings (SSSR count). The zero-order chi connectivity index (χ0) is 25.5. The number of allylic oxidation sites excluding steroid dienone is 1. The van der Waals surface area contributed by atoms with Gasteiger partial charge in [0.15, 0.2) is 0 Å². The van der Waals surface area contributed by atoms with Crippen molar-refractivity contribution in [2.45, 2.75) is 58.5 Å². The van der Waals surface area contributed by atoms with E-state index in [1.807, 2.05) is 44.0 Å². The molecule has 1 aromatic carbocycles. The average molecular weight is 497 g/mol. The van der Waals surface area contributed by atoms with Crippen molar-refractivity contribution >= 4 is 21.6 Å². The maximum Gasteiger partial charge on any atom is 0.253 e. The average Bonchev–Trinajstić information content (AvgIpc) is 3.25. The number of aryl methyl sites for hydroxylation is 3. The highest BCUT2D eigenvalue weighted by molar-refractivity contribution is 7.92. The van der Waals surface area contributed by atoms with Crippen LogP contribution in [0.15, 0.2) is 41.8 Å². The third kappa shape index (κ3) is 5.00. The van der Waals surface area contributed by atoms with Crippen molar-refractivity contribution in [3.05, 3.63) is 69.9 Å². The van der Waals surface area contributed by atoms with Gasteiger partial charge in [-0.2, -0.15) is 4.31 Å². The van der Waals surface area contributed by atoms with E-state index in [-0.39, 0.29) is 22.9 Å². The quantitative estimate of drug-likeness (QED) is 0.599. The molecule has 35 heavy (non-hydrogen) atoms. The molecule has 1 aliphatic heterocycles. The monoisotopic (exact) mass is 496 g/mol. The van der Waals surface area contributed by atoms with Crippen molar-refractivity contribution in [2.24, 2.45) is 0 Å². The van der Waals surface area contributed by atoms with E-state index < -0.39 is 10.0 Å². The lowest BCUT2D eigenvalue weighted by Gasteiger charge is -2.38. The molecule has 1 aliphatic carbocycles. The molecule has 1 unspecified atom stereocenters. The Labute approximate surface area is 209 Å². The van der Waals surface area contributed by atoms with Gasteiger partial charge in [0.05, 0.1) is 6.04 Å². The predicted octanol–water partition coefficient (Wildman–Crippen LogP) is 4.22. The van der Waals surface area contributed by atoms with Crippen LogP contribution in [-0.4, -0.2) is 61.7 Å². The predicted molar refractivity (Wildman–Crippen MR) is 140 cm³/mol. The van der Waals surface area contributed by atoms with E-state index in [1.54, 1.807) is 7.05 Å².